The SMILES string of the molecule is COc1cccc(CC(=O)N2CCC[C@H](n3ncc(N(C)C(C)C)cc3=O)C2)c1. The van der Waals surface area contributed by atoms with Gasteiger partial charge in [0.2, 0.25) is 5.91 Å². The van der Waals surface area contributed by atoms with Crippen LogP contribution in [0.1, 0.15) is 38.3 Å². The lowest BCUT2D eigenvalue weighted by atomic mass is 10.0. The van der Waals surface area contributed by atoms with Crippen LogP contribution in [-0.2, 0) is 11.2 Å². The number of hydrogen-bond acceptors (Lipinski definition) is 5. The number of carbonyl (C=O) groups excluding carboxylic acids is 1. The minimum atomic E-state index is -0.123. The van der Waals surface area contributed by atoms with E-state index in [0.29, 0.717) is 19.5 Å². The number of carbonyl (C=O) groups is 1. The van der Waals surface area contributed by atoms with Gasteiger partial charge in [0.15, 0.2) is 0 Å². The van der Waals surface area contributed by atoms with Gasteiger partial charge in [0.25, 0.3) is 5.56 Å². The van der Waals surface area contributed by atoms with Crippen LogP contribution in [-0.4, -0.2) is 53.9 Å². The number of piperidine rings is 1. The average molecular weight is 399 g/mol. The van der Waals surface area contributed by atoms with Gasteiger partial charge < -0.3 is 14.5 Å². The number of benzene rings is 1. The zero-order valence-corrected chi connectivity index (χ0v) is 17.7. The molecular formula is C22H30N4O3. The molecule has 1 amide bonds. The maximum atomic E-state index is 12.8. The molecule has 0 saturated carbocycles. The minimum Gasteiger partial charge on any atom is -0.497 e. The van der Waals surface area contributed by atoms with Crippen LogP contribution in [0.15, 0.2) is 41.3 Å². The number of rotatable bonds is 6. The Hall–Kier alpha value is -2.83. The van der Waals surface area contributed by atoms with Crippen LogP contribution < -0.4 is 15.2 Å². The van der Waals surface area contributed by atoms with E-state index in [1.807, 2.05) is 41.1 Å². The Morgan fingerprint density at radius 1 is 1.34 bits per heavy atom. The van der Waals surface area contributed by atoms with Crippen LogP contribution in [0.25, 0.3) is 0 Å². The Morgan fingerprint density at radius 3 is 2.83 bits per heavy atom. The summed E-state index contributed by atoms with van der Waals surface area (Å²) in [6, 6.07) is 9.38. The van der Waals surface area contributed by atoms with Gasteiger partial charge in [-0.15, -0.1) is 0 Å². The maximum Gasteiger partial charge on any atom is 0.269 e. The Bertz CT molecular complexity index is 909. The molecule has 1 aliphatic heterocycles. The van der Waals surface area contributed by atoms with Gasteiger partial charge in [-0.05, 0) is 44.4 Å². The summed E-state index contributed by atoms with van der Waals surface area (Å²) in [5.41, 5.74) is 1.61. The first-order valence-corrected chi connectivity index (χ1v) is 10.1. The van der Waals surface area contributed by atoms with Crippen LogP contribution >= 0.6 is 0 Å². The predicted octanol–water partition coefficient (Wildman–Crippen LogP) is 2.50. The van der Waals surface area contributed by atoms with E-state index < -0.39 is 0 Å². The summed E-state index contributed by atoms with van der Waals surface area (Å²) >= 11 is 0. The van der Waals surface area contributed by atoms with E-state index in [1.54, 1.807) is 19.4 Å². The van der Waals surface area contributed by atoms with Crippen molar-refractivity contribution in [3.63, 3.8) is 0 Å². The second-order valence-corrected chi connectivity index (χ2v) is 7.87. The third kappa shape index (κ3) is 4.96. The lowest BCUT2D eigenvalue weighted by molar-refractivity contribution is -0.132. The molecule has 7 heteroatoms. The molecule has 0 bridgehead atoms. The molecule has 1 saturated heterocycles. The maximum absolute atomic E-state index is 12.8. The van der Waals surface area contributed by atoms with E-state index in [4.69, 9.17) is 4.74 Å². The largest absolute Gasteiger partial charge is 0.497 e. The van der Waals surface area contributed by atoms with Gasteiger partial charge in [-0.2, -0.15) is 5.10 Å². The summed E-state index contributed by atoms with van der Waals surface area (Å²) in [4.78, 5) is 29.3. The number of ether oxygens (including phenoxy) is 1. The third-order valence-electron chi connectivity index (χ3n) is 5.58. The number of likely N-dealkylation sites (tertiary alicyclic amines) is 1. The number of nitrogens with zero attached hydrogens (tertiary/aromatic N) is 4. The van der Waals surface area contributed by atoms with Gasteiger partial charge in [0.05, 0.1) is 31.5 Å². The molecule has 156 valence electrons. The van der Waals surface area contributed by atoms with Crippen molar-refractivity contribution in [2.24, 2.45) is 0 Å². The molecule has 0 spiro atoms. The number of hydrogen-bond donors (Lipinski definition) is 0. The van der Waals surface area contributed by atoms with Crippen molar-refractivity contribution < 1.29 is 9.53 Å². The van der Waals surface area contributed by atoms with E-state index in [1.165, 1.54) is 4.68 Å². The fourth-order valence-corrected chi connectivity index (χ4v) is 3.62. The zero-order valence-electron chi connectivity index (χ0n) is 17.7. The molecule has 1 aliphatic rings. The van der Waals surface area contributed by atoms with Crippen LogP contribution in [0.5, 0.6) is 5.75 Å². The van der Waals surface area contributed by atoms with Crippen molar-refractivity contribution >= 4 is 11.6 Å². The molecule has 7 nitrogen and oxygen atoms in total. The molecule has 0 aliphatic carbocycles. The summed E-state index contributed by atoms with van der Waals surface area (Å²) in [7, 11) is 3.57. The molecule has 1 aromatic heterocycles. The number of methoxy groups -OCH3 is 1. The van der Waals surface area contributed by atoms with Crippen molar-refractivity contribution in [3.05, 3.63) is 52.4 Å². The number of aromatic nitrogens is 2. The average Bonchev–Trinajstić information content (AvgIpc) is 2.73. The summed E-state index contributed by atoms with van der Waals surface area (Å²) < 4.78 is 6.77. The first-order valence-electron chi connectivity index (χ1n) is 10.1. The number of anilines is 1. The fraction of sp³-hybridized carbons (Fsp3) is 0.500. The smallest absolute Gasteiger partial charge is 0.269 e. The topological polar surface area (TPSA) is 67.7 Å². The van der Waals surface area contributed by atoms with Crippen molar-refractivity contribution in [1.82, 2.24) is 14.7 Å². The third-order valence-corrected chi connectivity index (χ3v) is 5.58. The van der Waals surface area contributed by atoms with Gasteiger partial charge >= 0.3 is 0 Å². The van der Waals surface area contributed by atoms with Crippen LogP contribution in [0, 0.1) is 0 Å². The molecule has 0 N–H and O–H groups in total. The van der Waals surface area contributed by atoms with Crippen molar-refractivity contribution in [1.29, 1.82) is 0 Å². The highest BCUT2D eigenvalue weighted by Crippen LogP contribution is 2.22. The normalized spacial score (nSPS) is 16.7. The lowest BCUT2D eigenvalue weighted by Gasteiger charge is -2.33. The summed E-state index contributed by atoms with van der Waals surface area (Å²) in [6.45, 7) is 5.36. The first-order chi connectivity index (χ1) is 13.9. The van der Waals surface area contributed by atoms with Gasteiger partial charge in [-0.25, -0.2) is 4.68 Å². The Kier molecular flexibility index (Phi) is 6.56. The molecule has 1 atom stereocenters. The van der Waals surface area contributed by atoms with E-state index >= 15 is 0 Å². The molecule has 29 heavy (non-hydrogen) atoms. The highest BCUT2D eigenvalue weighted by atomic mass is 16.5. The predicted molar refractivity (Wildman–Crippen MR) is 114 cm³/mol. The summed E-state index contributed by atoms with van der Waals surface area (Å²) in [6.07, 6.45) is 3.76. The Balaban J connectivity index is 1.70. The second-order valence-electron chi connectivity index (χ2n) is 7.87. The molecule has 3 rings (SSSR count). The summed E-state index contributed by atoms with van der Waals surface area (Å²) in [5.74, 6) is 0.807. The molecule has 2 aromatic rings. The molecule has 2 heterocycles. The monoisotopic (exact) mass is 398 g/mol. The summed E-state index contributed by atoms with van der Waals surface area (Å²) in [5, 5.41) is 4.41. The van der Waals surface area contributed by atoms with Gasteiger partial charge in [-0.3, -0.25) is 9.59 Å². The number of amides is 1. The lowest BCUT2D eigenvalue weighted by Crippen LogP contribution is -2.44. The van der Waals surface area contributed by atoms with Crippen molar-refractivity contribution in [3.8, 4) is 5.75 Å². The molecule has 1 fully saturated rings. The van der Waals surface area contributed by atoms with Gasteiger partial charge in [0, 0.05) is 32.2 Å². The first kappa shape index (κ1) is 20.9. The van der Waals surface area contributed by atoms with Crippen LogP contribution in [0.3, 0.4) is 0 Å². The van der Waals surface area contributed by atoms with Crippen molar-refractivity contribution in [2.45, 2.75) is 45.2 Å². The molecule has 1 aromatic carbocycles. The fourth-order valence-electron chi connectivity index (χ4n) is 3.62. The van der Waals surface area contributed by atoms with E-state index in [-0.39, 0.29) is 23.6 Å². The van der Waals surface area contributed by atoms with E-state index in [9.17, 15) is 9.59 Å². The van der Waals surface area contributed by atoms with Gasteiger partial charge in [0.1, 0.15) is 5.75 Å². The standard InChI is InChI=1S/C22H30N4O3/c1-16(2)24(3)19-13-22(28)26(23-14-19)18-8-6-10-25(15-18)21(27)12-17-7-5-9-20(11-17)29-4/h5,7,9,11,13-14,16,18H,6,8,10,12,15H2,1-4H3/t18-/m0/s1. The van der Waals surface area contributed by atoms with Crippen LogP contribution in [0.4, 0.5) is 5.69 Å². The van der Waals surface area contributed by atoms with E-state index in [0.717, 1.165) is 29.8 Å². The molecule has 0 radical (unpaired) electrons. The van der Waals surface area contributed by atoms with Crippen LogP contribution in [0.2, 0.25) is 0 Å². The van der Waals surface area contributed by atoms with E-state index in [2.05, 4.69) is 18.9 Å². The highest BCUT2D eigenvalue weighted by molar-refractivity contribution is 5.79. The van der Waals surface area contributed by atoms with Crippen molar-refractivity contribution in [2.75, 3.05) is 32.1 Å². The molecule has 0 unspecified atom stereocenters. The highest BCUT2D eigenvalue weighted by Gasteiger charge is 2.26. The zero-order chi connectivity index (χ0) is 21.0. The molecular weight excluding hydrogens is 368 g/mol. The van der Waals surface area contributed by atoms with Gasteiger partial charge in [-0.1, -0.05) is 12.1 Å². The Labute approximate surface area is 171 Å². The quantitative estimate of drug-likeness (QED) is 0.748. The second kappa shape index (κ2) is 9.11. The Morgan fingerprint density at radius 2 is 2.14 bits per heavy atom. The minimum absolute atomic E-state index is 0.0622.